The van der Waals surface area contributed by atoms with E-state index in [1.54, 1.807) is 0 Å². The smallest absolute Gasteiger partial charge is 0.255 e. The van der Waals surface area contributed by atoms with Crippen molar-refractivity contribution in [1.82, 2.24) is 0 Å². The van der Waals surface area contributed by atoms with Gasteiger partial charge in [0.25, 0.3) is 5.91 Å². The number of carbonyl (C=O) groups excluding carboxylic acids is 1. The Morgan fingerprint density at radius 2 is 1.54 bits per heavy atom. The van der Waals surface area contributed by atoms with Crippen molar-refractivity contribution < 1.29 is 4.79 Å². The van der Waals surface area contributed by atoms with Crippen LogP contribution in [0.3, 0.4) is 0 Å². The van der Waals surface area contributed by atoms with Gasteiger partial charge in [0.1, 0.15) is 0 Å². The van der Waals surface area contributed by atoms with Crippen LogP contribution in [-0.4, -0.2) is 5.91 Å². The maximum absolute atomic E-state index is 12.5. The van der Waals surface area contributed by atoms with Crippen LogP contribution in [0.15, 0.2) is 48.5 Å². The molecule has 0 spiro atoms. The molecule has 0 aliphatic rings. The molecule has 2 aromatic rings. The molecule has 130 valence electrons. The third-order valence-corrected chi connectivity index (χ3v) is 3.80. The summed E-state index contributed by atoms with van der Waals surface area (Å²) in [4.78, 5) is 12.5. The standard InChI is InChI=1S/C20H25NO.C2H6/c1-15-9-5-7-11-17(15)19(22)21-18-12-8-6-10-16(18)13-14-20(2,3)4;1-2/h5-12H,13-14H2,1-4H3,(H,21,22);1-2H3. The van der Waals surface area contributed by atoms with Crippen molar-refractivity contribution in [3.05, 3.63) is 65.2 Å². The molecule has 0 saturated heterocycles. The van der Waals surface area contributed by atoms with Gasteiger partial charge in [0.15, 0.2) is 0 Å². The van der Waals surface area contributed by atoms with Crippen molar-refractivity contribution in [2.24, 2.45) is 5.41 Å². The van der Waals surface area contributed by atoms with E-state index >= 15 is 0 Å². The summed E-state index contributed by atoms with van der Waals surface area (Å²) in [5.74, 6) is -0.0405. The molecule has 1 amide bonds. The molecule has 2 nitrogen and oxygen atoms in total. The molecule has 2 aromatic carbocycles. The number of amides is 1. The van der Waals surface area contributed by atoms with Gasteiger partial charge in [-0.1, -0.05) is 71.0 Å². The van der Waals surface area contributed by atoms with Crippen molar-refractivity contribution in [3.63, 3.8) is 0 Å². The summed E-state index contributed by atoms with van der Waals surface area (Å²) in [6.45, 7) is 12.7. The van der Waals surface area contributed by atoms with Gasteiger partial charge >= 0.3 is 0 Å². The second kappa shape index (κ2) is 9.27. The molecule has 0 aliphatic carbocycles. The fourth-order valence-electron chi connectivity index (χ4n) is 2.39. The zero-order valence-electron chi connectivity index (χ0n) is 15.9. The molecule has 2 heteroatoms. The topological polar surface area (TPSA) is 29.1 Å². The highest BCUT2D eigenvalue weighted by molar-refractivity contribution is 6.05. The van der Waals surface area contributed by atoms with Gasteiger partial charge in [0, 0.05) is 11.3 Å². The van der Waals surface area contributed by atoms with Gasteiger partial charge in [0.2, 0.25) is 0 Å². The highest BCUT2D eigenvalue weighted by atomic mass is 16.1. The average Bonchev–Trinajstić information content (AvgIpc) is 2.55. The van der Waals surface area contributed by atoms with Gasteiger partial charge in [-0.25, -0.2) is 0 Å². The van der Waals surface area contributed by atoms with E-state index < -0.39 is 0 Å². The summed E-state index contributed by atoms with van der Waals surface area (Å²) < 4.78 is 0. The maximum atomic E-state index is 12.5. The molecule has 0 atom stereocenters. The van der Waals surface area contributed by atoms with Crippen molar-refractivity contribution in [2.45, 2.75) is 54.4 Å². The van der Waals surface area contributed by atoms with Gasteiger partial charge in [-0.05, 0) is 48.4 Å². The second-order valence-electron chi connectivity index (χ2n) is 6.99. The number of nitrogens with one attached hydrogen (secondary N) is 1. The van der Waals surface area contributed by atoms with Crippen LogP contribution in [0.1, 0.15) is 62.5 Å². The summed E-state index contributed by atoms with van der Waals surface area (Å²) in [5.41, 5.74) is 4.12. The van der Waals surface area contributed by atoms with E-state index in [0.29, 0.717) is 0 Å². The summed E-state index contributed by atoms with van der Waals surface area (Å²) in [6, 6.07) is 15.7. The Bertz CT molecular complexity index is 653. The van der Waals surface area contributed by atoms with E-state index in [4.69, 9.17) is 0 Å². The Labute approximate surface area is 147 Å². The summed E-state index contributed by atoms with van der Waals surface area (Å²) in [6.07, 6.45) is 2.05. The largest absolute Gasteiger partial charge is 0.322 e. The minimum absolute atomic E-state index is 0.0405. The summed E-state index contributed by atoms with van der Waals surface area (Å²) >= 11 is 0. The molecule has 0 aliphatic heterocycles. The number of hydrogen-bond donors (Lipinski definition) is 1. The zero-order chi connectivity index (χ0) is 18.2. The second-order valence-corrected chi connectivity index (χ2v) is 6.99. The fraction of sp³-hybridized carbons (Fsp3) is 0.409. The lowest BCUT2D eigenvalue weighted by Gasteiger charge is -2.19. The van der Waals surface area contributed by atoms with Crippen LogP contribution in [-0.2, 0) is 6.42 Å². The van der Waals surface area contributed by atoms with Gasteiger partial charge in [-0.15, -0.1) is 0 Å². The molecule has 0 aromatic heterocycles. The number of para-hydroxylation sites is 1. The molecule has 0 heterocycles. The van der Waals surface area contributed by atoms with Gasteiger partial charge in [-0.3, -0.25) is 4.79 Å². The average molecular weight is 325 g/mol. The van der Waals surface area contributed by atoms with E-state index in [2.05, 4.69) is 32.2 Å². The van der Waals surface area contributed by atoms with Gasteiger partial charge < -0.3 is 5.32 Å². The number of hydrogen-bond acceptors (Lipinski definition) is 1. The highest BCUT2D eigenvalue weighted by Gasteiger charge is 2.14. The molecule has 24 heavy (non-hydrogen) atoms. The van der Waals surface area contributed by atoms with Gasteiger partial charge in [-0.2, -0.15) is 0 Å². The normalized spacial score (nSPS) is 10.6. The molecule has 0 saturated carbocycles. The maximum Gasteiger partial charge on any atom is 0.255 e. The SMILES string of the molecule is CC.Cc1ccccc1C(=O)Nc1ccccc1CCC(C)(C)C. The Morgan fingerprint density at radius 3 is 2.17 bits per heavy atom. The molecule has 0 fully saturated rings. The van der Waals surface area contributed by atoms with Crippen LogP contribution in [0, 0.1) is 12.3 Å². The Hall–Kier alpha value is -2.09. The van der Waals surface area contributed by atoms with Crippen LogP contribution in [0.5, 0.6) is 0 Å². The van der Waals surface area contributed by atoms with Crippen molar-refractivity contribution in [1.29, 1.82) is 0 Å². The number of anilines is 1. The van der Waals surface area contributed by atoms with Crippen LogP contribution >= 0.6 is 0 Å². The van der Waals surface area contributed by atoms with E-state index in [-0.39, 0.29) is 11.3 Å². The quantitative estimate of drug-likeness (QED) is 0.707. The zero-order valence-corrected chi connectivity index (χ0v) is 15.9. The predicted octanol–water partition coefficient (Wildman–Crippen LogP) is 6.25. The minimum atomic E-state index is -0.0405. The van der Waals surface area contributed by atoms with E-state index in [1.165, 1.54) is 5.56 Å². The molecule has 0 unspecified atom stereocenters. The van der Waals surface area contributed by atoms with Gasteiger partial charge in [0.05, 0.1) is 0 Å². The monoisotopic (exact) mass is 325 g/mol. The minimum Gasteiger partial charge on any atom is -0.322 e. The Morgan fingerprint density at radius 1 is 0.958 bits per heavy atom. The van der Waals surface area contributed by atoms with E-state index in [9.17, 15) is 4.79 Å². The molecular weight excluding hydrogens is 294 g/mol. The first-order chi connectivity index (χ1) is 11.4. The lowest BCUT2D eigenvalue weighted by Crippen LogP contribution is -2.15. The van der Waals surface area contributed by atoms with E-state index in [1.807, 2.05) is 63.2 Å². The fourth-order valence-corrected chi connectivity index (χ4v) is 2.39. The molecule has 0 radical (unpaired) electrons. The Balaban J connectivity index is 0.00000139. The number of benzene rings is 2. The molecular formula is C22H31NO. The van der Waals surface area contributed by atoms with Crippen LogP contribution < -0.4 is 5.32 Å². The summed E-state index contributed by atoms with van der Waals surface area (Å²) in [5, 5.41) is 3.06. The summed E-state index contributed by atoms with van der Waals surface area (Å²) in [7, 11) is 0. The van der Waals surface area contributed by atoms with Crippen LogP contribution in [0.2, 0.25) is 0 Å². The first kappa shape index (κ1) is 20.0. The lowest BCUT2D eigenvalue weighted by molar-refractivity contribution is 0.102. The van der Waals surface area contributed by atoms with Crippen LogP contribution in [0.4, 0.5) is 5.69 Å². The number of rotatable bonds is 4. The molecule has 1 N–H and O–H groups in total. The Kier molecular flexibility index (Phi) is 7.70. The number of aryl methyl sites for hydroxylation is 2. The van der Waals surface area contributed by atoms with Crippen molar-refractivity contribution in [3.8, 4) is 0 Å². The van der Waals surface area contributed by atoms with Crippen LogP contribution in [0.25, 0.3) is 0 Å². The predicted molar refractivity (Wildman–Crippen MR) is 105 cm³/mol. The van der Waals surface area contributed by atoms with Crippen molar-refractivity contribution in [2.75, 3.05) is 5.32 Å². The first-order valence-corrected chi connectivity index (χ1v) is 8.82. The third kappa shape index (κ3) is 6.19. The highest BCUT2D eigenvalue weighted by Crippen LogP contribution is 2.25. The molecule has 0 bridgehead atoms. The number of carbonyl (C=O) groups is 1. The third-order valence-electron chi connectivity index (χ3n) is 3.80. The van der Waals surface area contributed by atoms with Crippen molar-refractivity contribution >= 4 is 11.6 Å². The molecule has 2 rings (SSSR count). The lowest BCUT2D eigenvalue weighted by atomic mass is 9.88. The van der Waals surface area contributed by atoms with E-state index in [0.717, 1.165) is 29.7 Å². The first-order valence-electron chi connectivity index (χ1n) is 8.82.